The normalized spacial score (nSPS) is 13.0. The Morgan fingerprint density at radius 1 is 0.280 bits per heavy atom. The quantitative estimate of drug-likeness (QED) is 0.124. The zero-order valence-electron chi connectivity index (χ0n) is 29.7. The largest absolute Gasteiger partial charge is 0.0616 e. The molecule has 0 nitrogen and oxygen atoms in total. The minimum Gasteiger partial charge on any atom is -0.0616 e. The average molecular weight is 641 g/mol. The molecule has 0 aromatic heterocycles. The number of benzene rings is 10. The lowest BCUT2D eigenvalue weighted by molar-refractivity contribution is 0.590. The SMILES string of the molecule is CC(C)(C)c1ccc(-c2c3c4ccccc4c4ccccc4c3c3c4ccc(C(C)(C)C)cc4c4cccc5c6ccccc6c2c3c54)cc1. The molecule has 0 amide bonds. The molecule has 0 heteroatoms. The third-order valence-corrected chi connectivity index (χ3v) is 11.5. The van der Waals surface area contributed by atoms with Crippen molar-refractivity contribution < 1.29 is 0 Å². The minimum absolute atomic E-state index is 0.0376. The fourth-order valence-electron chi connectivity index (χ4n) is 9.03. The van der Waals surface area contributed by atoms with Crippen LogP contribution in [0.5, 0.6) is 0 Å². The summed E-state index contributed by atoms with van der Waals surface area (Å²) in [4.78, 5) is 0. The first-order chi connectivity index (χ1) is 24.1. The van der Waals surface area contributed by atoms with Crippen LogP contribution in [0.15, 0.2) is 133 Å². The van der Waals surface area contributed by atoms with Crippen LogP contribution in [0.4, 0.5) is 0 Å². The molecular formula is C50H40. The minimum atomic E-state index is 0.0376. The van der Waals surface area contributed by atoms with Gasteiger partial charge in [0.25, 0.3) is 0 Å². The molecule has 0 aliphatic carbocycles. The molecule has 0 fully saturated rings. The van der Waals surface area contributed by atoms with Crippen molar-refractivity contribution in [1.29, 1.82) is 0 Å². The smallest absolute Gasteiger partial charge is 0.0000933 e. The molecule has 10 rings (SSSR count). The molecule has 10 aromatic rings. The van der Waals surface area contributed by atoms with Gasteiger partial charge in [0.2, 0.25) is 0 Å². The van der Waals surface area contributed by atoms with E-state index in [0.29, 0.717) is 0 Å². The van der Waals surface area contributed by atoms with Crippen molar-refractivity contribution in [1.82, 2.24) is 0 Å². The van der Waals surface area contributed by atoms with Gasteiger partial charge in [-0.1, -0.05) is 169 Å². The van der Waals surface area contributed by atoms with E-state index in [1.807, 2.05) is 0 Å². The first-order valence-electron chi connectivity index (χ1n) is 18.0. The van der Waals surface area contributed by atoms with Crippen molar-refractivity contribution in [3.63, 3.8) is 0 Å². The van der Waals surface area contributed by atoms with Gasteiger partial charge in [0.05, 0.1) is 0 Å². The van der Waals surface area contributed by atoms with Gasteiger partial charge in [0, 0.05) is 0 Å². The van der Waals surface area contributed by atoms with Gasteiger partial charge in [-0.25, -0.2) is 0 Å². The molecule has 0 aliphatic heterocycles. The zero-order chi connectivity index (χ0) is 34.1. The van der Waals surface area contributed by atoms with Crippen molar-refractivity contribution in [3.8, 4) is 11.1 Å². The molecule has 240 valence electrons. The third kappa shape index (κ3) is 3.94. The summed E-state index contributed by atoms with van der Waals surface area (Å²) in [5, 5.41) is 21.4. The number of hydrogen-bond acceptors (Lipinski definition) is 0. The summed E-state index contributed by atoms with van der Waals surface area (Å²) >= 11 is 0. The summed E-state index contributed by atoms with van der Waals surface area (Å²) in [5.74, 6) is 0. The molecule has 0 bridgehead atoms. The monoisotopic (exact) mass is 640 g/mol. The molecule has 0 N–H and O–H groups in total. The van der Waals surface area contributed by atoms with E-state index < -0.39 is 0 Å². The molecule has 50 heavy (non-hydrogen) atoms. The Morgan fingerprint density at radius 3 is 1.22 bits per heavy atom. The standard InChI is InChI=1S/C50H40/c1-49(2,3)30-24-22-29(23-25-30)42-44-36-17-10-7-14-32(36)33-15-8-11-18-37(33)46(44)47-40-27-26-31(50(4,5)6)28-41(40)39-21-13-20-35-34-16-9-12-19-38(34)45(42)48(47)43(35)39/h7-28H,1-6H3. The Labute approximate surface area is 293 Å². The van der Waals surface area contributed by atoms with Gasteiger partial charge in [-0.2, -0.15) is 0 Å². The van der Waals surface area contributed by atoms with Gasteiger partial charge in [-0.3, -0.25) is 0 Å². The van der Waals surface area contributed by atoms with Crippen LogP contribution >= 0.6 is 0 Å². The van der Waals surface area contributed by atoms with E-state index in [9.17, 15) is 0 Å². The van der Waals surface area contributed by atoms with Gasteiger partial charge >= 0.3 is 0 Å². The van der Waals surface area contributed by atoms with Crippen molar-refractivity contribution in [2.75, 3.05) is 0 Å². The van der Waals surface area contributed by atoms with Crippen LogP contribution in [0.2, 0.25) is 0 Å². The molecule has 0 saturated carbocycles. The second-order valence-electron chi connectivity index (χ2n) is 16.5. The summed E-state index contributed by atoms with van der Waals surface area (Å²) in [6.07, 6.45) is 0. The molecular weight excluding hydrogens is 601 g/mol. The Kier molecular flexibility index (Phi) is 5.92. The van der Waals surface area contributed by atoms with Crippen molar-refractivity contribution >= 4 is 86.2 Å². The summed E-state index contributed by atoms with van der Waals surface area (Å²) in [6, 6.07) is 51.1. The fourth-order valence-corrected chi connectivity index (χ4v) is 9.03. The Bertz CT molecular complexity index is 2980. The number of rotatable bonds is 1. The maximum Gasteiger partial charge on any atom is -0.0000933 e. The molecule has 0 unspecified atom stereocenters. The highest BCUT2D eigenvalue weighted by molar-refractivity contribution is 6.50. The topological polar surface area (TPSA) is 0 Å². The van der Waals surface area contributed by atoms with Crippen LogP contribution in [0, 0.1) is 0 Å². The molecule has 0 aliphatic rings. The lowest BCUT2D eigenvalue weighted by Gasteiger charge is -2.26. The van der Waals surface area contributed by atoms with Crippen LogP contribution in [0.3, 0.4) is 0 Å². The summed E-state index contributed by atoms with van der Waals surface area (Å²) in [7, 11) is 0. The van der Waals surface area contributed by atoms with Gasteiger partial charge in [0.15, 0.2) is 0 Å². The first-order valence-corrected chi connectivity index (χ1v) is 18.0. The van der Waals surface area contributed by atoms with Crippen LogP contribution in [-0.2, 0) is 10.8 Å². The lowest BCUT2D eigenvalue weighted by Crippen LogP contribution is -2.10. The van der Waals surface area contributed by atoms with Crippen LogP contribution in [0.25, 0.3) is 97.3 Å². The fraction of sp³-hybridized carbons (Fsp3) is 0.160. The maximum atomic E-state index is 2.49. The Hall–Kier alpha value is -5.46. The van der Waals surface area contributed by atoms with E-state index >= 15 is 0 Å². The van der Waals surface area contributed by atoms with Gasteiger partial charge in [0.1, 0.15) is 0 Å². The summed E-state index contributed by atoms with van der Waals surface area (Å²) in [6.45, 7) is 13.9. The van der Waals surface area contributed by atoms with E-state index in [1.165, 1.54) is 108 Å². The number of fused-ring (bicyclic) bond motifs is 13. The third-order valence-electron chi connectivity index (χ3n) is 11.5. The highest BCUT2D eigenvalue weighted by atomic mass is 14.3. The van der Waals surface area contributed by atoms with Gasteiger partial charge in [-0.15, -0.1) is 0 Å². The lowest BCUT2D eigenvalue weighted by atomic mass is 9.77. The molecule has 10 aromatic carbocycles. The molecule has 0 radical (unpaired) electrons. The highest BCUT2D eigenvalue weighted by Gasteiger charge is 2.26. The van der Waals surface area contributed by atoms with E-state index in [-0.39, 0.29) is 10.8 Å². The first kappa shape index (κ1) is 29.5. The predicted molar refractivity (Wildman–Crippen MR) is 221 cm³/mol. The molecule has 0 atom stereocenters. The second-order valence-corrected chi connectivity index (χ2v) is 16.5. The Balaban J connectivity index is 1.61. The summed E-state index contributed by atoms with van der Waals surface area (Å²) < 4.78 is 0. The molecule has 0 heterocycles. The summed E-state index contributed by atoms with van der Waals surface area (Å²) in [5.41, 5.74) is 5.43. The highest BCUT2D eigenvalue weighted by Crippen LogP contribution is 2.54. The maximum absolute atomic E-state index is 2.49. The van der Waals surface area contributed by atoms with E-state index in [4.69, 9.17) is 0 Å². The molecule has 0 saturated heterocycles. The Morgan fingerprint density at radius 2 is 0.660 bits per heavy atom. The second kappa shape index (κ2) is 10.1. The van der Waals surface area contributed by atoms with Crippen molar-refractivity contribution in [3.05, 3.63) is 145 Å². The van der Waals surface area contributed by atoms with Crippen molar-refractivity contribution in [2.24, 2.45) is 0 Å². The van der Waals surface area contributed by atoms with Crippen LogP contribution in [-0.4, -0.2) is 0 Å². The van der Waals surface area contributed by atoms with E-state index in [2.05, 4.69) is 175 Å². The van der Waals surface area contributed by atoms with Crippen LogP contribution in [0.1, 0.15) is 52.7 Å². The van der Waals surface area contributed by atoms with E-state index in [1.54, 1.807) is 0 Å². The van der Waals surface area contributed by atoms with Crippen LogP contribution < -0.4 is 0 Å². The van der Waals surface area contributed by atoms with E-state index in [0.717, 1.165) is 0 Å². The average Bonchev–Trinajstić information content (AvgIpc) is 3.13. The van der Waals surface area contributed by atoms with Gasteiger partial charge in [-0.05, 0) is 125 Å². The molecule has 0 spiro atoms. The predicted octanol–water partition coefficient (Wildman–Crippen LogP) is 14.6. The number of hydrogen-bond donors (Lipinski definition) is 0. The van der Waals surface area contributed by atoms with Crippen molar-refractivity contribution in [2.45, 2.75) is 52.4 Å². The zero-order valence-corrected chi connectivity index (χ0v) is 29.7. The van der Waals surface area contributed by atoms with Gasteiger partial charge < -0.3 is 0 Å².